The highest BCUT2D eigenvalue weighted by Gasteiger charge is 2.70. The molecule has 0 heteroatoms. The predicted octanol–water partition coefficient (Wildman–Crippen LogP) is 9.52. The number of rotatable bonds is 2. The van der Waals surface area contributed by atoms with Gasteiger partial charge in [-0.2, -0.15) is 0 Å². The quantitative estimate of drug-likeness (QED) is 0.412. The van der Waals surface area contributed by atoms with Gasteiger partial charge in [0, 0.05) is 0 Å². The van der Waals surface area contributed by atoms with E-state index in [0.717, 1.165) is 35.5 Å². The molecule has 0 saturated heterocycles. The lowest BCUT2D eigenvalue weighted by Crippen LogP contribution is -2.65. The summed E-state index contributed by atoms with van der Waals surface area (Å²) in [6.07, 6.45) is 18.1. The van der Waals surface area contributed by atoms with E-state index < -0.39 is 0 Å². The van der Waals surface area contributed by atoms with Gasteiger partial charge in [0.05, 0.1) is 0 Å². The Balaban J connectivity index is 1.50. The molecule has 0 aromatic heterocycles. The fourth-order valence-electron chi connectivity index (χ4n) is 12.3. The highest BCUT2D eigenvalue weighted by Crippen LogP contribution is 2.78. The first kappa shape index (κ1) is 22.8. The van der Waals surface area contributed by atoms with E-state index in [1.807, 2.05) is 0 Å². The van der Waals surface area contributed by atoms with Crippen molar-refractivity contribution in [1.82, 2.24) is 0 Å². The third-order valence-electron chi connectivity index (χ3n) is 14.1. The molecule has 5 rings (SSSR count). The topological polar surface area (TPSA) is 0 Å². The summed E-state index contributed by atoms with van der Waals surface area (Å²) in [6.45, 7) is 21.4. The Morgan fingerprint density at radius 2 is 1.26 bits per heavy atom. The van der Waals surface area contributed by atoms with Crippen molar-refractivity contribution in [3.63, 3.8) is 0 Å². The molecule has 0 aromatic carbocycles. The molecule has 5 saturated carbocycles. The van der Waals surface area contributed by atoms with Gasteiger partial charge < -0.3 is 0 Å². The first-order valence-electron chi connectivity index (χ1n) is 14.4. The SMILES string of the molecule is CC[C@@H](C)[C@H]1CC[C@@]2(C)[C@@H]1CC[C@]1(C)[C@H]2CC[C@@H]2[C@@]3(C)CCCC(C)(C)[C@@H]3CC[C@]21C. The molecule has 0 radical (unpaired) electrons. The molecule has 10 atom stereocenters. The molecule has 31 heavy (non-hydrogen) atoms. The van der Waals surface area contributed by atoms with Crippen molar-refractivity contribution in [2.45, 2.75) is 132 Å². The van der Waals surface area contributed by atoms with Gasteiger partial charge in [-0.3, -0.25) is 0 Å². The molecule has 0 aliphatic heterocycles. The fourth-order valence-corrected chi connectivity index (χ4v) is 12.3. The highest BCUT2D eigenvalue weighted by atomic mass is 14.7. The number of hydrogen-bond acceptors (Lipinski definition) is 0. The zero-order valence-electron chi connectivity index (χ0n) is 22.4. The van der Waals surface area contributed by atoms with Crippen molar-refractivity contribution in [2.75, 3.05) is 0 Å². The maximum absolute atomic E-state index is 2.82. The van der Waals surface area contributed by atoms with Crippen molar-refractivity contribution in [3.05, 3.63) is 0 Å². The summed E-state index contributed by atoms with van der Waals surface area (Å²) in [5.74, 6) is 5.86. The lowest BCUT2D eigenvalue weighted by Gasteiger charge is -2.73. The van der Waals surface area contributed by atoms with Crippen molar-refractivity contribution in [2.24, 2.45) is 62.6 Å². The van der Waals surface area contributed by atoms with Crippen LogP contribution < -0.4 is 0 Å². The lowest BCUT2D eigenvalue weighted by atomic mass is 9.32. The molecule has 0 bridgehead atoms. The van der Waals surface area contributed by atoms with Gasteiger partial charge in [-0.25, -0.2) is 0 Å². The summed E-state index contributed by atoms with van der Waals surface area (Å²) in [4.78, 5) is 0. The molecule has 0 N–H and O–H groups in total. The Morgan fingerprint density at radius 1 is 0.645 bits per heavy atom. The van der Waals surface area contributed by atoms with Crippen LogP contribution >= 0.6 is 0 Å². The van der Waals surface area contributed by atoms with E-state index in [-0.39, 0.29) is 0 Å². The zero-order valence-corrected chi connectivity index (χ0v) is 22.4. The van der Waals surface area contributed by atoms with Crippen LogP contribution in [-0.4, -0.2) is 0 Å². The molecule has 0 unspecified atom stereocenters. The van der Waals surface area contributed by atoms with Crippen LogP contribution in [0.5, 0.6) is 0 Å². The first-order chi connectivity index (χ1) is 14.4. The van der Waals surface area contributed by atoms with Gasteiger partial charge >= 0.3 is 0 Å². The molecule has 0 amide bonds. The molecule has 0 heterocycles. The summed E-state index contributed by atoms with van der Waals surface area (Å²) in [5.41, 5.74) is 2.91. The van der Waals surface area contributed by atoms with Crippen LogP contribution in [0, 0.1) is 62.6 Å². The third-order valence-corrected chi connectivity index (χ3v) is 14.1. The molecule has 178 valence electrons. The van der Waals surface area contributed by atoms with Crippen LogP contribution in [0.4, 0.5) is 0 Å². The van der Waals surface area contributed by atoms with Gasteiger partial charge in [0.15, 0.2) is 0 Å². The summed E-state index contributed by atoms with van der Waals surface area (Å²) < 4.78 is 0. The summed E-state index contributed by atoms with van der Waals surface area (Å²) in [6, 6.07) is 0. The number of fused-ring (bicyclic) bond motifs is 7. The van der Waals surface area contributed by atoms with E-state index in [1.54, 1.807) is 6.42 Å². The maximum Gasteiger partial charge on any atom is -0.0235 e. The molecule has 0 nitrogen and oxygen atoms in total. The van der Waals surface area contributed by atoms with Crippen LogP contribution in [-0.2, 0) is 0 Å². The van der Waals surface area contributed by atoms with E-state index in [9.17, 15) is 0 Å². The molecule has 5 aliphatic carbocycles. The van der Waals surface area contributed by atoms with E-state index in [4.69, 9.17) is 0 Å². The monoisotopic (exact) mass is 426 g/mol. The van der Waals surface area contributed by atoms with Gasteiger partial charge in [0.2, 0.25) is 0 Å². The van der Waals surface area contributed by atoms with Crippen LogP contribution in [0.25, 0.3) is 0 Å². The van der Waals surface area contributed by atoms with E-state index in [0.29, 0.717) is 27.1 Å². The highest BCUT2D eigenvalue weighted by molar-refractivity contribution is 5.19. The van der Waals surface area contributed by atoms with Crippen LogP contribution in [0.15, 0.2) is 0 Å². The molecular formula is C31H54. The van der Waals surface area contributed by atoms with Crippen LogP contribution in [0.3, 0.4) is 0 Å². The van der Waals surface area contributed by atoms with E-state index in [2.05, 4.69) is 55.4 Å². The van der Waals surface area contributed by atoms with Gasteiger partial charge in [-0.05, 0) is 127 Å². The van der Waals surface area contributed by atoms with Crippen molar-refractivity contribution < 1.29 is 0 Å². The smallest absolute Gasteiger partial charge is 0.0235 e. The average molecular weight is 427 g/mol. The largest absolute Gasteiger partial charge is 0.0651 e. The Bertz CT molecular complexity index is 705. The van der Waals surface area contributed by atoms with Crippen molar-refractivity contribution in [3.8, 4) is 0 Å². The van der Waals surface area contributed by atoms with Crippen LogP contribution in [0.1, 0.15) is 132 Å². The minimum Gasteiger partial charge on any atom is -0.0651 e. The second-order valence-corrected chi connectivity index (χ2v) is 15.2. The van der Waals surface area contributed by atoms with Crippen LogP contribution in [0.2, 0.25) is 0 Å². The standard InChI is InChI=1S/C31H54/c1-9-21(2)22-13-18-28(5)23(22)14-19-30(7)25(28)11-12-26-29(6)17-10-16-27(3,4)24(29)15-20-31(26,30)8/h21-26H,9-20H2,1-8H3/t21-,22-,23-,24+,25+,26-,28+,29+,30-,31-/m1/s1. The second-order valence-electron chi connectivity index (χ2n) is 15.2. The van der Waals surface area contributed by atoms with E-state index >= 15 is 0 Å². The Kier molecular flexibility index (Phi) is 5.15. The molecule has 0 aromatic rings. The Hall–Kier alpha value is 0. The number of hydrogen-bond donors (Lipinski definition) is 0. The van der Waals surface area contributed by atoms with Gasteiger partial charge in [-0.1, -0.05) is 68.2 Å². The molecule has 0 spiro atoms. The maximum atomic E-state index is 2.82. The lowest BCUT2D eigenvalue weighted by molar-refractivity contribution is -0.241. The molecular weight excluding hydrogens is 372 g/mol. The normalized spacial score (nSPS) is 56.7. The van der Waals surface area contributed by atoms with Crippen molar-refractivity contribution >= 4 is 0 Å². The second kappa shape index (κ2) is 7.01. The molecule has 5 aliphatic rings. The minimum atomic E-state index is 0.560. The fraction of sp³-hybridized carbons (Fsp3) is 1.00. The summed E-state index contributed by atoms with van der Waals surface area (Å²) in [7, 11) is 0. The summed E-state index contributed by atoms with van der Waals surface area (Å²) >= 11 is 0. The third kappa shape index (κ3) is 2.78. The Labute approximate surface area is 195 Å². The predicted molar refractivity (Wildman–Crippen MR) is 134 cm³/mol. The average Bonchev–Trinajstić information content (AvgIpc) is 3.04. The molecule has 5 fully saturated rings. The first-order valence-corrected chi connectivity index (χ1v) is 14.4. The van der Waals surface area contributed by atoms with Crippen molar-refractivity contribution in [1.29, 1.82) is 0 Å². The van der Waals surface area contributed by atoms with Gasteiger partial charge in [0.1, 0.15) is 0 Å². The summed E-state index contributed by atoms with van der Waals surface area (Å²) in [5, 5.41) is 0. The Morgan fingerprint density at radius 3 is 1.90 bits per heavy atom. The minimum absolute atomic E-state index is 0.560. The van der Waals surface area contributed by atoms with Gasteiger partial charge in [0.25, 0.3) is 0 Å². The van der Waals surface area contributed by atoms with E-state index in [1.165, 1.54) is 70.6 Å². The van der Waals surface area contributed by atoms with Gasteiger partial charge in [-0.15, -0.1) is 0 Å². The zero-order chi connectivity index (χ0) is 22.4.